The van der Waals surface area contributed by atoms with E-state index in [1.165, 1.54) is 0 Å². The minimum Gasteiger partial charge on any atom is -0.444 e. The van der Waals surface area contributed by atoms with E-state index in [0.29, 0.717) is 18.2 Å². The number of aryl methyl sites for hydroxylation is 1. The number of nitrogens with zero attached hydrogens (tertiary/aromatic N) is 2. The molecule has 1 rings (SSSR count). The van der Waals surface area contributed by atoms with Crippen molar-refractivity contribution in [3.05, 3.63) is 23.0 Å². The van der Waals surface area contributed by atoms with Gasteiger partial charge in [-0.1, -0.05) is 11.6 Å². The molecule has 1 aromatic heterocycles. The van der Waals surface area contributed by atoms with Crippen LogP contribution in [0.5, 0.6) is 0 Å². The Kier molecular flexibility index (Phi) is 6.28. The highest BCUT2D eigenvalue weighted by Crippen LogP contribution is 2.19. The number of ether oxygens (including phenoxy) is 1. The van der Waals surface area contributed by atoms with Gasteiger partial charge in [-0.3, -0.25) is 0 Å². The van der Waals surface area contributed by atoms with E-state index in [0.717, 1.165) is 11.4 Å². The molecule has 0 unspecified atom stereocenters. The first kappa shape index (κ1) is 19.6. The molecule has 1 heterocycles. The standard InChI is InChI=1S/C17H28ClN3O2/c1-12-13(8-9-14(18)20-12)19-10-11-21(16(2,3)4)15(22)23-17(5,6)7/h8-9,19H,10-11H2,1-7H3. The summed E-state index contributed by atoms with van der Waals surface area (Å²) in [7, 11) is 0. The molecule has 0 aliphatic rings. The van der Waals surface area contributed by atoms with E-state index in [-0.39, 0.29) is 11.6 Å². The molecule has 23 heavy (non-hydrogen) atoms. The fourth-order valence-electron chi connectivity index (χ4n) is 2.04. The molecule has 0 radical (unpaired) electrons. The summed E-state index contributed by atoms with van der Waals surface area (Å²) < 4.78 is 5.50. The van der Waals surface area contributed by atoms with Crippen molar-refractivity contribution in [1.29, 1.82) is 0 Å². The first-order chi connectivity index (χ1) is 10.4. The molecule has 0 saturated heterocycles. The van der Waals surface area contributed by atoms with E-state index in [1.807, 2.05) is 54.5 Å². The third kappa shape index (κ3) is 6.65. The van der Waals surface area contributed by atoms with Crippen LogP contribution in [-0.4, -0.2) is 40.2 Å². The normalized spacial score (nSPS) is 12.0. The smallest absolute Gasteiger partial charge is 0.410 e. The number of hydrogen-bond donors (Lipinski definition) is 1. The van der Waals surface area contributed by atoms with Crippen molar-refractivity contribution < 1.29 is 9.53 Å². The number of hydrogen-bond acceptors (Lipinski definition) is 4. The zero-order valence-electron chi connectivity index (χ0n) is 15.2. The summed E-state index contributed by atoms with van der Waals surface area (Å²) in [5, 5.41) is 3.76. The predicted molar refractivity (Wildman–Crippen MR) is 95.2 cm³/mol. The average Bonchev–Trinajstić information content (AvgIpc) is 2.32. The number of anilines is 1. The Labute approximate surface area is 144 Å². The first-order valence-corrected chi connectivity index (χ1v) is 8.15. The maximum atomic E-state index is 12.4. The van der Waals surface area contributed by atoms with Crippen LogP contribution in [0.4, 0.5) is 10.5 Å². The van der Waals surface area contributed by atoms with Crippen molar-refractivity contribution in [3.8, 4) is 0 Å². The molecule has 0 saturated carbocycles. The van der Waals surface area contributed by atoms with Crippen LogP contribution in [0.1, 0.15) is 47.2 Å². The van der Waals surface area contributed by atoms with E-state index in [2.05, 4.69) is 10.3 Å². The molecular weight excluding hydrogens is 314 g/mol. The molecule has 0 aliphatic carbocycles. The second-order valence-electron chi connectivity index (χ2n) is 7.50. The Hall–Kier alpha value is -1.49. The number of carbonyl (C=O) groups excluding carboxylic acids is 1. The lowest BCUT2D eigenvalue weighted by Crippen LogP contribution is -2.49. The van der Waals surface area contributed by atoms with Crippen molar-refractivity contribution in [2.45, 2.75) is 59.6 Å². The van der Waals surface area contributed by atoms with Crippen molar-refractivity contribution in [3.63, 3.8) is 0 Å². The number of halogens is 1. The third-order valence-electron chi connectivity index (χ3n) is 3.13. The highest BCUT2D eigenvalue weighted by Gasteiger charge is 2.30. The number of rotatable bonds is 4. The molecule has 0 fully saturated rings. The van der Waals surface area contributed by atoms with Crippen molar-refractivity contribution in [2.24, 2.45) is 0 Å². The number of aromatic nitrogens is 1. The molecule has 5 nitrogen and oxygen atoms in total. The second kappa shape index (κ2) is 7.39. The molecule has 0 aromatic carbocycles. The fraction of sp³-hybridized carbons (Fsp3) is 0.647. The van der Waals surface area contributed by atoms with Crippen LogP contribution in [0.2, 0.25) is 5.15 Å². The van der Waals surface area contributed by atoms with Crippen molar-refractivity contribution in [1.82, 2.24) is 9.88 Å². The Morgan fingerprint density at radius 1 is 1.26 bits per heavy atom. The van der Waals surface area contributed by atoms with Gasteiger partial charge in [0.2, 0.25) is 0 Å². The quantitative estimate of drug-likeness (QED) is 0.820. The van der Waals surface area contributed by atoms with Crippen LogP contribution in [0.25, 0.3) is 0 Å². The largest absolute Gasteiger partial charge is 0.444 e. The van der Waals surface area contributed by atoms with Gasteiger partial charge < -0.3 is 15.0 Å². The van der Waals surface area contributed by atoms with Crippen LogP contribution in [0.3, 0.4) is 0 Å². The Bertz CT molecular complexity index is 548. The molecular formula is C17H28ClN3O2. The van der Waals surface area contributed by atoms with Crippen molar-refractivity contribution >= 4 is 23.4 Å². The molecule has 6 heteroatoms. The van der Waals surface area contributed by atoms with Gasteiger partial charge in [-0.15, -0.1) is 0 Å². The van der Waals surface area contributed by atoms with Crippen LogP contribution in [0, 0.1) is 6.92 Å². The number of amides is 1. The van der Waals surface area contributed by atoms with Gasteiger partial charge in [0.25, 0.3) is 0 Å². The van der Waals surface area contributed by atoms with Gasteiger partial charge in [0.15, 0.2) is 0 Å². The van der Waals surface area contributed by atoms with Gasteiger partial charge in [-0.05, 0) is 60.6 Å². The Morgan fingerprint density at radius 3 is 2.35 bits per heavy atom. The van der Waals surface area contributed by atoms with Crippen LogP contribution in [0.15, 0.2) is 12.1 Å². The van der Waals surface area contributed by atoms with E-state index < -0.39 is 5.60 Å². The van der Waals surface area contributed by atoms with Gasteiger partial charge in [-0.25, -0.2) is 9.78 Å². The SMILES string of the molecule is Cc1nc(Cl)ccc1NCCN(C(=O)OC(C)(C)C)C(C)(C)C. The Balaban J connectivity index is 2.70. The maximum absolute atomic E-state index is 12.4. The third-order valence-corrected chi connectivity index (χ3v) is 3.34. The van der Waals surface area contributed by atoms with Gasteiger partial charge in [0.1, 0.15) is 10.8 Å². The molecule has 0 bridgehead atoms. The Morgan fingerprint density at radius 2 is 1.87 bits per heavy atom. The van der Waals surface area contributed by atoms with Crippen LogP contribution < -0.4 is 5.32 Å². The highest BCUT2D eigenvalue weighted by molar-refractivity contribution is 6.29. The molecule has 0 aliphatic heterocycles. The zero-order chi connectivity index (χ0) is 17.8. The zero-order valence-corrected chi connectivity index (χ0v) is 15.9. The minimum absolute atomic E-state index is 0.308. The number of pyridine rings is 1. The van der Waals surface area contributed by atoms with Crippen LogP contribution in [-0.2, 0) is 4.74 Å². The summed E-state index contributed by atoms with van der Waals surface area (Å²) in [6, 6.07) is 3.63. The van der Waals surface area contributed by atoms with E-state index in [9.17, 15) is 4.79 Å². The van der Waals surface area contributed by atoms with E-state index >= 15 is 0 Å². The predicted octanol–water partition coefficient (Wildman–Crippen LogP) is 4.49. The van der Waals surface area contributed by atoms with E-state index in [4.69, 9.17) is 16.3 Å². The average molecular weight is 342 g/mol. The molecule has 1 N–H and O–H groups in total. The lowest BCUT2D eigenvalue weighted by Gasteiger charge is -2.37. The maximum Gasteiger partial charge on any atom is 0.410 e. The molecule has 0 atom stereocenters. The van der Waals surface area contributed by atoms with Crippen LogP contribution >= 0.6 is 11.6 Å². The summed E-state index contributed by atoms with van der Waals surface area (Å²) in [4.78, 5) is 18.3. The molecule has 130 valence electrons. The molecule has 1 amide bonds. The van der Waals surface area contributed by atoms with Gasteiger partial charge >= 0.3 is 6.09 Å². The summed E-state index contributed by atoms with van der Waals surface area (Å²) >= 11 is 5.86. The van der Waals surface area contributed by atoms with Gasteiger partial charge in [-0.2, -0.15) is 0 Å². The summed E-state index contributed by atoms with van der Waals surface area (Å²) in [5.41, 5.74) is 0.909. The van der Waals surface area contributed by atoms with Gasteiger partial charge in [0, 0.05) is 18.6 Å². The lowest BCUT2D eigenvalue weighted by molar-refractivity contribution is 0.00749. The van der Waals surface area contributed by atoms with Crippen molar-refractivity contribution in [2.75, 3.05) is 18.4 Å². The highest BCUT2D eigenvalue weighted by atomic mass is 35.5. The second-order valence-corrected chi connectivity index (χ2v) is 7.88. The van der Waals surface area contributed by atoms with E-state index in [1.54, 1.807) is 11.0 Å². The number of nitrogens with one attached hydrogen (secondary N) is 1. The fourth-order valence-corrected chi connectivity index (χ4v) is 2.23. The lowest BCUT2D eigenvalue weighted by atomic mass is 10.1. The molecule has 1 aromatic rings. The minimum atomic E-state index is -0.509. The summed E-state index contributed by atoms with van der Waals surface area (Å²) in [5.74, 6) is 0. The summed E-state index contributed by atoms with van der Waals surface area (Å²) in [6.45, 7) is 14.6. The first-order valence-electron chi connectivity index (χ1n) is 7.78. The molecule has 0 spiro atoms. The number of carbonyl (C=O) groups is 1. The summed E-state index contributed by atoms with van der Waals surface area (Å²) in [6.07, 6.45) is -0.308. The van der Waals surface area contributed by atoms with Gasteiger partial charge in [0.05, 0.1) is 11.4 Å². The topological polar surface area (TPSA) is 54.5 Å². The monoisotopic (exact) mass is 341 g/mol.